The average molecular weight is 504 g/mol. The number of carbonyl (C=O) groups is 2. The minimum atomic E-state index is -0.636. The Morgan fingerprint density at radius 1 is 1.19 bits per heavy atom. The zero-order chi connectivity index (χ0) is 26.3. The van der Waals surface area contributed by atoms with Crippen LogP contribution in [0.25, 0.3) is 22.0 Å². The molecule has 4 aromatic rings. The number of aromatic amines is 1. The molecule has 3 N–H and O–H groups in total. The normalized spacial score (nSPS) is 13.1. The van der Waals surface area contributed by atoms with Crippen molar-refractivity contribution in [1.29, 1.82) is 0 Å². The lowest BCUT2D eigenvalue weighted by Crippen LogP contribution is -2.17. The van der Waals surface area contributed by atoms with E-state index in [9.17, 15) is 23.9 Å². The molecule has 0 aliphatic heterocycles. The van der Waals surface area contributed by atoms with E-state index in [-0.39, 0.29) is 28.9 Å². The quantitative estimate of drug-likeness (QED) is 0.322. The molecule has 190 valence electrons. The number of H-pyrrole nitrogens is 1. The molecule has 0 saturated heterocycles. The van der Waals surface area contributed by atoms with Crippen LogP contribution in [0.4, 0.5) is 10.1 Å². The van der Waals surface area contributed by atoms with Crippen molar-refractivity contribution in [2.24, 2.45) is 7.05 Å². The monoisotopic (exact) mass is 503 g/mol. The smallest absolute Gasteiger partial charge is 0.354 e. The number of benzene rings is 2. The lowest BCUT2D eigenvalue weighted by molar-refractivity contribution is 0.0520. The number of fused-ring (bicyclic) bond motifs is 1. The number of esters is 1. The highest BCUT2D eigenvalue weighted by atomic mass is 19.1. The standard InChI is InChI=1S/C28H26FN3O5/c1-3-37-28(36)24-12-19-20(13-32(2)27(35)25(19)30-24)17-5-4-6-23(21(17)14-33)31-26(34)18-10-9-16(11-22(18)29)15-7-8-15/h4-6,9-13,15,30,33H,3,7-8,14H2,1-2H3,(H,31,34). The number of aromatic nitrogens is 2. The van der Waals surface area contributed by atoms with Crippen LogP contribution in [0.15, 0.2) is 53.5 Å². The van der Waals surface area contributed by atoms with Gasteiger partial charge in [0.15, 0.2) is 0 Å². The van der Waals surface area contributed by atoms with Gasteiger partial charge in [0.1, 0.15) is 17.0 Å². The maximum Gasteiger partial charge on any atom is 0.354 e. The number of rotatable bonds is 7. The molecule has 9 heteroatoms. The second-order valence-electron chi connectivity index (χ2n) is 9.11. The summed E-state index contributed by atoms with van der Waals surface area (Å²) in [6.07, 6.45) is 3.65. The largest absolute Gasteiger partial charge is 0.461 e. The molecule has 1 aliphatic rings. The molecule has 2 aromatic carbocycles. The molecule has 0 radical (unpaired) electrons. The van der Waals surface area contributed by atoms with Gasteiger partial charge in [-0.25, -0.2) is 9.18 Å². The van der Waals surface area contributed by atoms with E-state index in [1.807, 2.05) is 0 Å². The minimum absolute atomic E-state index is 0.0899. The van der Waals surface area contributed by atoms with Crippen LogP contribution < -0.4 is 10.9 Å². The minimum Gasteiger partial charge on any atom is -0.461 e. The van der Waals surface area contributed by atoms with Crippen LogP contribution in [0.5, 0.6) is 0 Å². The number of ether oxygens (including phenoxy) is 1. The maximum absolute atomic E-state index is 14.7. The molecule has 8 nitrogen and oxygen atoms in total. The zero-order valence-electron chi connectivity index (χ0n) is 20.4. The highest BCUT2D eigenvalue weighted by Crippen LogP contribution is 2.40. The maximum atomic E-state index is 14.7. The first kappa shape index (κ1) is 24.5. The van der Waals surface area contributed by atoms with Crippen LogP contribution in [0.1, 0.15) is 57.7 Å². The third kappa shape index (κ3) is 4.53. The Kier molecular flexibility index (Phi) is 6.39. The van der Waals surface area contributed by atoms with Crippen molar-refractivity contribution in [2.75, 3.05) is 11.9 Å². The Morgan fingerprint density at radius 2 is 1.97 bits per heavy atom. The van der Waals surface area contributed by atoms with Gasteiger partial charge in [-0.3, -0.25) is 9.59 Å². The molecular weight excluding hydrogens is 477 g/mol. The molecule has 1 fully saturated rings. The predicted molar refractivity (Wildman–Crippen MR) is 137 cm³/mol. The average Bonchev–Trinajstić information content (AvgIpc) is 3.64. The van der Waals surface area contributed by atoms with Crippen LogP contribution in [-0.4, -0.2) is 33.1 Å². The van der Waals surface area contributed by atoms with Gasteiger partial charge in [0.25, 0.3) is 11.5 Å². The molecule has 1 aliphatic carbocycles. The summed E-state index contributed by atoms with van der Waals surface area (Å²) >= 11 is 0. The van der Waals surface area contributed by atoms with E-state index >= 15 is 0 Å². The highest BCUT2D eigenvalue weighted by molar-refractivity contribution is 6.06. The summed E-state index contributed by atoms with van der Waals surface area (Å²) in [7, 11) is 1.58. The first-order chi connectivity index (χ1) is 17.8. The summed E-state index contributed by atoms with van der Waals surface area (Å²) in [5.74, 6) is -1.46. The number of aliphatic hydroxyl groups excluding tert-OH is 1. The van der Waals surface area contributed by atoms with Gasteiger partial charge >= 0.3 is 5.97 Å². The van der Waals surface area contributed by atoms with Gasteiger partial charge in [-0.2, -0.15) is 0 Å². The van der Waals surface area contributed by atoms with Crippen molar-refractivity contribution in [3.05, 3.63) is 87.2 Å². The van der Waals surface area contributed by atoms with Crippen LogP contribution in [-0.2, 0) is 18.4 Å². The van der Waals surface area contributed by atoms with Gasteiger partial charge in [-0.15, -0.1) is 0 Å². The summed E-state index contributed by atoms with van der Waals surface area (Å²) in [5, 5.41) is 13.5. The Hall–Kier alpha value is -4.24. The van der Waals surface area contributed by atoms with Gasteiger partial charge < -0.3 is 24.7 Å². The summed E-state index contributed by atoms with van der Waals surface area (Å²) < 4.78 is 21.1. The Labute approximate surface area is 211 Å². The van der Waals surface area contributed by atoms with Gasteiger partial charge in [0, 0.05) is 35.4 Å². The van der Waals surface area contributed by atoms with E-state index in [1.54, 1.807) is 44.4 Å². The summed E-state index contributed by atoms with van der Waals surface area (Å²) in [5.41, 5.74) is 2.58. The fraction of sp³-hybridized carbons (Fsp3) is 0.250. The molecule has 0 spiro atoms. The summed E-state index contributed by atoms with van der Waals surface area (Å²) in [6.45, 7) is 1.43. The number of halogens is 1. The van der Waals surface area contributed by atoms with Gasteiger partial charge in [0.2, 0.25) is 0 Å². The van der Waals surface area contributed by atoms with E-state index in [2.05, 4.69) is 10.3 Å². The number of anilines is 1. The van der Waals surface area contributed by atoms with E-state index in [0.29, 0.717) is 33.7 Å². The van der Waals surface area contributed by atoms with Crippen LogP contribution in [0, 0.1) is 5.82 Å². The molecule has 2 aromatic heterocycles. The fourth-order valence-corrected chi connectivity index (χ4v) is 4.57. The summed E-state index contributed by atoms with van der Waals surface area (Å²) in [4.78, 5) is 40.9. The number of hydrogen-bond acceptors (Lipinski definition) is 5. The number of amides is 1. The number of pyridine rings is 1. The van der Waals surface area contributed by atoms with Gasteiger partial charge in [-0.1, -0.05) is 18.2 Å². The fourth-order valence-electron chi connectivity index (χ4n) is 4.57. The molecular formula is C28H26FN3O5. The van der Waals surface area contributed by atoms with E-state index in [4.69, 9.17) is 4.74 Å². The van der Waals surface area contributed by atoms with Crippen molar-refractivity contribution < 1.29 is 23.8 Å². The van der Waals surface area contributed by atoms with E-state index in [1.165, 1.54) is 22.8 Å². The Bertz CT molecular complexity index is 1600. The lowest BCUT2D eigenvalue weighted by Gasteiger charge is -2.16. The summed E-state index contributed by atoms with van der Waals surface area (Å²) in [6, 6.07) is 11.2. The van der Waals surface area contributed by atoms with Gasteiger partial charge in [-0.05, 0) is 61.1 Å². The molecule has 1 saturated carbocycles. The number of carbonyl (C=O) groups excluding carboxylic acids is 2. The van der Waals surface area contributed by atoms with Crippen LogP contribution in [0.2, 0.25) is 0 Å². The molecule has 2 heterocycles. The van der Waals surface area contributed by atoms with Crippen molar-refractivity contribution in [3.63, 3.8) is 0 Å². The van der Waals surface area contributed by atoms with E-state index in [0.717, 1.165) is 18.4 Å². The van der Waals surface area contributed by atoms with Crippen LogP contribution >= 0.6 is 0 Å². The first-order valence-corrected chi connectivity index (χ1v) is 12.1. The number of aliphatic hydroxyl groups is 1. The number of nitrogens with zero attached hydrogens (tertiary/aromatic N) is 1. The van der Waals surface area contributed by atoms with E-state index < -0.39 is 24.3 Å². The Balaban J connectivity index is 1.56. The second-order valence-corrected chi connectivity index (χ2v) is 9.11. The lowest BCUT2D eigenvalue weighted by atomic mass is 9.97. The van der Waals surface area contributed by atoms with Crippen molar-refractivity contribution >= 4 is 28.5 Å². The van der Waals surface area contributed by atoms with Crippen LogP contribution in [0.3, 0.4) is 0 Å². The van der Waals surface area contributed by atoms with Crippen molar-refractivity contribution in [3.8, 4) is 11.1 Å². The molecule has 1 amide bonds. The van der Waals surface area contributed by atoms with Crippen molar-refractivity contribution in [2.45, 2.75) is 32.3 Å². The molecule has 5 rings (SSSR count). The molecule has 0 atom stereocenters. The number of nitrogens with one attached hydrogen (secondary N) is 2. The third-order valence-corrected chi connectivity index (χ3v) is 6.62. The first-order valence-electron chi connectivity index (χ1n) is 12.1. The van der Waals surface area contributed by atoms with Crippen molar-refractivity contribution in [1.82, 2.24) is 9.55 Å². The predicted octanol–water partition coefficient (Wildman–Crippen LogP) is 4.47. The topological polar surface area (TPSA) is 113 Å². The van der Waals surface area contributed by atoms with Gasteiger partial charge in [0.05, 0.1) is 18.8 Å². The number of aryl methyl sites for hydroxylation is 1. The molecule has 37 heavy (non-hydrogen) atoms. The molecule has 0 unspecified atom stereocenters. The molecule has 0 bridgehead atoms. The highest BCUT2D eigenvalue weighted by Gasteiger charge is 2.25. The second kappa shape index (κ2) is 9.67. The third-order valence-electron chi connectivity index (χ3n) is 6.62. The zero-order valence-corrected chi connectivity index (χ0v) is 20.4. The number of hydrogen-bond donors (Lipinski definition) is 3. The Morgan fingerprint density at radius 3 is 2.65 bits per heavy atom. The SMILES string of the molecule is CCOC(=O)c1cc2c(-c3cccc(NC(=O)c4ccc(C5CC5)cc4F)c3CO)cn(C)c(=O)c2[nH]1.